The van der Waals surface area contributed by atoms with E-state index in [1.54, 1.807) is 17.0 Å². The van der Waals surface area contributed by atoms with E-state index in [0.29, 0.717) is 18.7 Å². The van der Waals surface area contributed by atoms with Crippen LogP contribution in [0.1, 0.15) is 28.8 Å². The molecule has 2 rings (SSSR count). The molecular formula is C14H19NO3. The smallest absolute Gasteiger partial charge is 0.257 e. The first-order valence-corrected chi connectivity index (χ1v) is 6.31. The summed E-state index contributed by atoms with van der Waals surface area (Å²) in [6.45, 7) is 3.26. The molecule has 1 aromatic carbocycles. The number of phenols is 1. The maximum atomic E-state index is 12.3. The lowest BCUT2D eigenvalue weighted by atomic mass is 9.98. The van der Waals surface area contributed by atoms with Gasteiger partial charge in [-0.05, 0) is 43.4 Å². The number of nitrogens with zero attached hydrogens (tertiary/aromatic N) is 1. The molecule has 1 aromatic rings. The Morgan fingerprint density at radius 1 is 1.50 bits per heavy atom. The molecule has 0 aromatic heterocycles. The minimum atomic E-state index is -0.148. The molecule has 0 radical (unpaired) electrons. The third-order valence-electron chi connectivity index (χ3n) is 3.45. The molecule has 4 heteroatoms. The van der Waals surface area contributed by atoms with Crippen LogP contribution < -0.4 is 0 Å². The molecule has 0 aliphatic carbocycles. The molecule has 4 nitrogen and oxygen atoms in total. The highest BCUT2D eigenvalue weighted by Gasteiger charge is 2.25. The number of benzene rings is 1. The zero-order chi connectivity index (χ0) is 13.1. The van der Waals surface area contributed by atoms with Gasteiger partial charge in [-0.15, -0.1) is 0 Å². The van der Waals surface area contributed by atoms with Crippen LogP contribution in [0.3, 0.4) is 0 Å². The summed E-state index contributed by atoms with van der Waals surface area (Å²) in [5, 5.41) is 19.0. The van der Waals surface area contributed by atoms with Crippen molar-refractivity contribution in [2.75, 3.05) is 19.7 Å². The predicted molar refractivity (Wildman–Crippen MR) is 68.6 cm³/mol. The molecule has 18 heavy (non-hydrogen) atoms. The van der Waals surface area contributed by atoms with Gasteiger partial charge in [0.05, 0.1) is 5.56 Å². The van der Waals surface area contributed by atoms with Gasteiger partial charge in [0.25, 0.3) is 5.91 Å². The lowest BCUT2D eigenvalue weighted by Crippen LogP contribution is -2.40. The second kappa shape index (κ2) is 5.40. The summed E-state index contributed by atoms with van der Waals surface area (Å²) in [5.41, 5.74) is 1.27. The van der Waals surface area contributed by atoms with Crippen molar-refractivity contribution in [1.29, 1.82) is 0 Å². The lowest BCUT2D eigenvalue weighted by Gasteiger charge is -2.32. The number of likely N-dealkylation sites (tertiary alicyclic amines) is 1. The van der Waals surface area contributed by atoms with Crippen molar-refractivity contribution in [3.63, 3.8) is 0 Å². The molecule has 0 spiro atoms. The molecule has 1 unspecified atom stereocenters. The van der Waals surface area contributed by atoms with Crippen LogP contribution in [0.2, 0.25) is 0 Å². The molecule has 1 aliphatic rings. The summed E-state index contributed by atoms with van der Waals surface area (Å²) in [7, 11) is 0. The number of aryl methyl sites for hydroxylation is 1. The van der Waals surface area contributed by atoms with Crippen molar-refractivity contribution in [2.45, 2.75) is 19.8 Å². The van der Waals surface area contributed by atoms with E-state index in [2.05, 4.69) is 0 Å². The van der Waals surface area contributed by atoms with Gasteiger partial charge in [0, 0.05) is 19.7 Å². The molecule has 0 saturated carbocycles. The second-order valence-corrected chi connectivity index (χ2v) is 4.96. The molecule has 1 fully saturated rings. The maximum absolute atomic E-state index is 12.3. The fourth-order valence-electron chi connectivity index (χ4n) is 2.39. The van der Waals surface area contributed by atoms with Crippen LogP contribution in [-0.4, -0.2) is 40.7 Å². The number of aliphatic hydroxyl groups is 1. The molecule has 1 heterocycles. The highest BCUT2D eigenvalue weighted by molar-refractivity contribution is 5.97. The molecule has 1 saturated heterocycles. The highest BCUT2D eigenvalue weighted by atomic mass is 16.3. The zero-order valence-electron chi connectivity index (χ0n) is 10.6. The Balaban J connectivity index is 2.15. The van der Waals surface area contributed by atoms with Crippen LogP contribution in [0.4, 0.5) is 0 Å². The lowest BCUT2D eigenvalue weighted by molar-refractivity contribution is 0.0618. The number of hydrogen-bond donors (Lipinski definition) is 2. The van der Waals surface area contributed by atoms with E-state index in [1.165, 1.54) is 0 Å². The van der Waals surface area contributed by atoms with Gasteiger partial charge in [0.2, 0.25) is 0 Å². The Labute approximate surface area is 107 Å². The third-order valence-corrected chi connectivity index (χ3v) is 3.45. The van der Waals surface area contributed by atoms with E-state index in [4.69, 9.17) is 5.11 Å². The number of amides is 1. The van der Waals surface area contributed by atoms with E-state index in [0.717, 1.165) is 18.4 Å². The van der Waals surface area contributed by atoms with Crippen molar-refractivity contribution in [3.8, 4) is 5.75 Å². The Bertz CT molecular complexity index is 445. The summed E-state index contributed by atoms with van der Waals surface area (Å²) in [6.07, 6.45) is 1.86. The van der Waals surface area contributed by atoms with Gasteiger partial charge in [-0.2, -0.15) is 0 Å². The van der Waals surface area contributed by atoms with Crippen LogP contribution >= 0.6 is 0 Å². The number of piperidine rings is 1. The van der Waals surface area contributed by atoms with Crippen molar-refractivity contribution in [1.82, 2.24) is 4.90 Å². The monoisotopic (exact) mass is 249 g/mol. The normalized spacial score (nSPS) is 19.9. The second-order valence-electron chi connectivity index (χ2n) is 4.96. The minimum Gasteiger partial charge on any atom is -0.507 e. The van der Waals surface area contributed by atoms with Gasteiger partial charge < -0.3 is 15.1 Å². The quantitative estimate of drug-likeness (QED) is 0.836. The molecule has 0 bridgehead atoms. The van der Waals surface area contributed by atoms with Crippen molar-refractivity contribution in [2.24, 2.45) is 5.92 Å². The van der Waals surface area contributed by atoms with E-state index in [-0.39, 0.29) is 24.2 Å². The van der Waals surface area contributed by atoms with Crippen molar-refractivity contribution >= 4 is 5.91 Å². The maximum Gasteiger partial charge on any atom is 0.257 e. The van der Waals surface area contributed by atoms with Gasteiger partial charge in [0.1, 0.15) is 5.75 Å². The third kappa shape index (κ3) is 2.64. The summed E-state index contributed by atoms with van der Waals surface area (Å²) >= 11 is 0. The largest absolute Gasteiger partial charge is 0.507 e. The fourth-order valence-corrected chi connectivity index (χ4v) is 2.39. The first-order chi connectivity index (χ1) is 8.61. The first kappa shape index (κ1) is 12.9. The fraction of sp³-hybridized carbons (Fsp3) is 0.500. The molecule has 1 aliphatic heterocycles. The Morgan fingerprint density at radius 2 is 2.28 bits per heavy atom. The Kier molecular flexibility index (Phi) is 3.87. The average Bonchev–Trinajstić information content (AvgIpc) is 2.38. The van der Waals surface area contributed by atoms with Crippen molar-refractivity contribution < 1.29 is 15.0 Å². The number of aliphatic hydroxyl groups excluding tert-OH is 1. The summed E-state index contributed by atoms with van der Waals surface area (Å²) in [4.78, 5) is 14.0. The van der Waals surface area contributed by atoms with Gasteiger partial charge in [-0.3, -0.25) is 4.79 Å². The summed E-state index contributed by atoms with van der Waals surface area (Å²) in [6, 6.07) is 5.08. The number of phenolic OH excluding ortho intramolecular Hbond substituents is 1. The van der Waals surface area contributed by atoms with Crippen molar-refractivity contribution in [3.05, 3.63) is 29.3 Å². The van der Waals surface area contributed by atoms with Crippen LogP contribution in [-0.2, 0) is 0 Å². The molecule has 2 N–H and O–H groups in total. The number of aromatic hydroxyl groups is 1. The number of rotatable bonds is 2. The molecule has 1 atom stereocenters. The summed E-state index contributed by atoms with van der Waals surface area (Å²) < 4.78 is 0. The Morgan fingerprint density at radius 3 is 2.94 bits per heavy atom. The van der Waals surface area contributed by atoms with Gasteiger partial charge in [-0.1, -0.05) is 6.07 Å². The average molecular weight is 249 g/mol. The van der Waals surface area contributed by atoms with Gasteiger partial charge >= 0.3 is 0 Å². The zero-order valence-corrected chi connectivity index (χ0v) is 10.6. The predicted octanol–water partition coefficient (Wildman–Crippen LogP) is 1.55. The molecular weight excluding hydrogens is 230 g/mol. The van der Waals surface area contributed by atoms with E-state index in [9.17, 15) is 9.90 Å². The Hall–Kier alpha value is -1.55. The van der Waals surface area contributed by atoms with Gasteiger partial charge in [0.15, 0.2) is 0 Å². The van der Waals surface area contributed by atoms with E-state index < -0.39 is 0 Å². The van der Waals surface area contributed by atoms with Crippen LogP contribution in [0.15, 0.2) is 18.2 Å². The van der Waals surface area contributed by atoms with Crippen LogP contribution in [0, 0.1) is 12.8 Å². The topological polar surface area (TPSA) is 60.8 Å². The SMILES string of the molecule is Cc1ccc(C(=O)N2CCCC(CO)C2)c(O)c1. The summed E-state index contributed by atoms with van der Waals surface area (Å²) in [5.74, 6) is 0.0482. The number of hydrogen-bond acceptors (Lipinski definition) is 3. The van der Waals surface area contributed by atoms with E-state index >= 15 is 0 Å². The number of carbonyl (C=O) groups is 1. The minimum absolute atomic E-state index is 0.0334. The van der Waals surface area contributed by atoms with E-state index in [1.807, 2.05) is 13.0 Å². The van der Waals surface area contributed by atoms with Crippen LogP contribution in [0.25, 0.3) is 0 Å². The van der Waals surface area contributed by atoms with Crippen LogP contribution in [0.5, 0.6) is 5.75 Å². The molecule has 1 amide bonds. The standard InChI is InChI=1S/C14H19NO3/c1-10-4-5-12(13(17)7-10)14(18)15-6-2-3-11(8-15)9-16/h4-5,7,11,16-17H,2-3,6,8-9H2,1H3. The molecule has 98 valence electrons. The van der Waals surface area contributed by atoms with Gasteiger partial charge in [-0.25, -0.2) is 0 Å². The highest BCUT2D eigenvalue weighted by Crippen LogP contribution is 2.23. The number of carbonyl (C=O) groups excluding carboxylic acids is 1. The first-order valence-electron chi connectivity index (χ1n) is 6.31.